The summed E-state index contributed by atoms with van der Waals surface area (Å²) in [6.45, 7) is 18.1. The molecule has 0 aliphatic carbocycles. The molecule has 142 valence electrons. The summed E-state index contributed by atoms with van der Waals surface area (Å²) in [6.07, 6.45) is 0. The van der Waals surface area contributed by atoms with Crippen molar-refractivity contribution in [2.24, 2.45) is 4.99 Å². The Balaban J connectivity index is 1.75. The maximum absolute atomic E-state index is 4.68. The molecule has 2 heterocycles. The molecule has 0 spiro atoms. The zero-order valence-corrected chi connectivity index (χ0v) is 17.0. The van der Waals surface area contributed by atoms with E-state index in [2.05, 4.69) is 63.5 Å². The Hall–Kier alpha value is -1.18. The molecule has 25 heavy (non-hydrogen) atoms. The van der Waals surface area contributed by atoms with Crippen LogP contribution in [0.4, 0.5) is 0 Å². The van der Waals surface area contributed by atoms with E-state index in [1.54, 1.807) is 11.3 Å². The van der Waals surface area contributed by atoms with Gasteiger partial charge in [0.1, 0.15) is 5.01 Å². The van der Waals surface area contributed by atoms with E-state index < -0.39 is 0 Å². The second-order valence-corrected chi connectivity index (χ2v) is 7.66. The highest BCUT2D eigenvalue weighted by atomic mass is 32.1. The van der Waals surface area contributed by atoms with Gasteiger partial charge < -0.3 is 15.5 Å². The van der Waals surface area contributed by atoms with Gasteiger partial charge in [0, 0.05) is 51.2 Å². The summed E-state index contributed by atoms with van der Waals surface area (Å²) >= 11 is 1.70. The topological polar surface area (TPSA) is 55.8 Å². The summed E-state index contributed by atoms with van der Waals surface area (Å²) in [5.41, 5.74) is 1.17. The van der Waals surface area contributed by atoms with Crippen LogP contribution >= 0.6 is 11.3 Å². The monoisotopic (exact) mass is 366 g/mol. The van der Waals surface area contributed by atoms with Crippen LogP contribution in [0.2, 0.25) is 0 Å². The Morgan fingerprint density at radius 1 is 1.20 bits per heavy atom. The maximum atomic E-state index is 4.68. The van der Waals surface area contributed by atoms with Crippen LogP contribution in [-0.2, 0) is 6.54 Å². The van der Waals surface area contributed by atoms with Gasteiger partial charge in [-0.3, -0.25) is 4.90 Å². The summed E-state index contributed by atoms with van der Waals surface area (Å²) in [5.74, 6) is 1.37. The Kier molecular flexibility index (Phi) is 8.64. The first-order valence-corrected chi connectivity index (χ1v) is 10.4. The van der Waals surface area contributed by atoms with Crippen molar-refractivity contribution in [1.82, 2.24) is 25.4 Å². The van der Waals surface area contributed by atoms with Crippen molar-refractivity contribution in [1.29, 1.82) is 0 Å². The van der Waals surface area contributed by atoms with Gasteiger partial charge in [0.05, 0.1) is 12.2 Å². The SMILES string of the molecule is CCNC(=NCc1nc(C(C)C)cs1)NCCN1CCN(CC)CC1. The predicted molar refractivity (Wildman–Crippen MR) is 108 cm³/mol. The van der Waals surface area contributed by atoms with Crippen LogP contribution < -0.4 is 10.6 Å². The molecule has 1 aliphatic rings. The second-order valence-electron chi connectivity index (χ2n) is 6.72. The molecule has 0 saturated carbocycles. The van der Waals surface area contributed by atoms with E-state index >= 15 is 0 Å². The lowest BCUT2D eigenvalue weighted by molar-refractivity contribution is 0.139. The lowest BCUT2D eigenvalue weighted by Crippen LogP contribution is -2.49. The number of aliphatic imine (C=N–C) groups is 1. The number of nitrogens with zero attached hydrogens (tertiary/aromatic N) is 4. The molecule has 0 amide bonds. The molecule has 1 aliphatic heterocycles. The lowest BCUT2D eigenvalue weighted by atomic mass is 10.2. The van der Waals surface area contributed by atoms with Gasteiger partial charge >= 0.3 is 0 Å². The lowest BCUT2D eigenvalue weighted by Gasteiger charge is -2.34. The first-order chi connectivity index (χ1) is 12.1. The normalized spacial score (nSPS) is 17.2. The van der Waals surface area contributed by atoms with Gasteiger partial charge in [-0.1, -0.05) is 20.8 Å². The van der Waals surface area contributed by atoms with Crippen LogP contribution in [0.3, 0.4) is 0 Å². The fourth-order valence-electron chi connectivity index (χ4n) is 2.81. The summed E-state index contributed by atoms with van der Waals surface area (Å²) in [4.78, 5) is 14.4. The van der Waals surface area contributed by atoms with Crippen LogP contribution in [0, 0.1) is 0 Å². The molecule has 0 radical (unpaired) electrons. The van der Waals surface area contributed by atoms with Gasteiger partial charge in [0.25, 0.3) is 0 Å². The molecule has 1 aromatic rings. The van der Waals surface area contributed by atoms with Crippen molar-refractivity contribution in [2.75, 3.05) is 52.4 Å². The molecule has 2 rings (SSSR count). The highest BCUT2D eigenvalue weighted by Gasteiger charge is 2.14. The van der Waals surface area contributed by atoms with E-state index in [0.717, 1.165) is 30.6 Å². The van der Waals surface area contributed by atoms with Crippen molar-refractivity contribution in [2.45, 2.75) is 40.2 Å². The smallest absolute Gasteiger partial charge is 0.191 e. The van der Waals surface area contributed by atoms with Gasteiger partial charge in [0.15, 0.2) is 5.96 Å². The van der Waals surface area contributed by atoms with Gasteiger partial charge in [-0.15, -0.1) is 11.3 Å². The molecule has 1 saturated heterocycles. The standard InChI is InChI=1S/C18H34N6S/c1-5-19-18(21-13-17-22-16(14-25-17)15(3)4)20-7-8-24-11-9-23(6-2)10-12-24/h14-15H,5-13H2,1-4H3,(H2,19,20,21). The van der Waals surface area contributed by atoms with E-state index in [9.17, 15) is 0 Å². The molecule has 0 bridgehead atoms. The number of thiazole rings is 1. The van der Waals surface area contributed by atoms with E-state index in [-0.39, 0.29) is 0 Å². The summed E-state index contributed by atoms with van der Waals surface area (Å²) in [7, 11) is 0. The zero-order valence-electron chi connectivity index (χ0n) is 16.2. The van der Waals surface area contributed by atoms with Gasteiger partial charge in [0.2, 0.25) is 0 Å². The molecule has 0 atom stereocenters. The highest BCUT2D eigenvalue weighted by molar-refractivity contribution is 7.09. The average molecular weight is 367 g/mol. The molecule has 7 heteroatoms. The van der Waals surface area contributed by atoms with Crippen molar-refractivity contribution in [3.8, 4) is 0 Å². The Morgan fingerprint density at radius 3 is 2.52 bits per heavy atom. The predicted octanol–water partition coefficient (Wildman–Crippen LogP) is 1.96. The Morgan fingerprint density at radius 2 is 1.92 bits per heavy atom. The number of likely N-dealkylation sites (N-methyl/N-ethyl adjacent to an activating group) is 1. The largest absolute Gasteiger partial charge is 0.357 e. The summed E-state index contributed by atoms with van der Waals surface area (Å²) in [6, 6.07) is 0. The molecule has 0 aromatic carbocycles. The van der Waals surface area contributed by atoms with Gasteiger partial charge in [-0.25, -0.2) is 9.98 Å². The third-order valence-corrected chi connectivity index (χ3v) is 5.36. The fraction of sp³-hybridized carbons (Fsp3) is 0.778. The summed E-state index contributed by atoms with van der Waals surface area (Å²) in [5, 5.41) is 10.0. The Labute approximate surface area is 156 Å². The van der Waals surface area contributed by atoms with Crippen LogP contribution in [-0.4, -0.2) is 73.1 Å². The number of piperazine rings is 1. The van der Waals surface area contributed by atoms with E-state index in [0.29, 0.717) is 12.5 Å². The van der Waals surface area contributed by atoms with E-state index in [4.69, 9.17) is 0 Å². The van der Waals surface area contributed by atoms with Gasteiger partial charge in [-0.05, 0) is 19.4 Å². The number of hydrogen-bond acceptors (Lipinski definition) is 5. The first kappa shape index (κ1) is 20.1. The second kappa shape index (κ2) is 10.7. The third kappa shape index (κ3) is 6.92. The molecule has 1 aromatic heterocycles. The number of nitrogens with one attached hydrogen (secondary N) is 2. The fourth-order valence-corrected chi connectivity index (χ4v) is 3.69. The molecule has 2 N–H and O–H groups in total. The Bertz CT molecular complexity index is 519. The zero-order chi connectivity index (χ0) is 18.1. The van der Waals surface area contributed by atoms with Crippen molar-refractivity contribution < 1.29 is 0 Å². The number of aromatic nitrogens is 1. The number of rotatable bonds is 8. The van der Waals surface area contributed by atoms with Crippen molar-refractivity contribution in [3.63, 3.8) is 0 Å². The number of guanidine groups is 1. The highest BCUT2D eigenvalue weighted by Crippen LogP contribution is 2.18. The summed E-state index contributed by atoms with van der Waals surface area (Å²) < 4.78 is 0. The van der Waals surface area contributed by atoms with Crippen LogP contribution in [0.5, 0.6) is 0 Å². The number of hydrogen-bond donors (Lipinski definition) is 2. The minimum Gasteiger partial charge on any atom is -0.357 e. The molecular weight excluding hydrogens is 332 g/mol. The van der Waals surface area contributed by atoms with Crippen molar-refractivity contribution >= 4 is 17.3 Å². The van der Waals surface area contributed by atoms with E-state index in [1.807, 2.05) is 0 Å². The molecule has 1 fully saturated rings. The quantitative estimate of drug-likeness (QED) is 0.544. The van der Waals surface area contributed by atoms with Crippen LogP contribution in [0.25, 0.3) is 0 Å². The molecule has 6 nitrogen and oxygen atoms in total. The molecular formula is C18H34N6S. The van der Waals surface area contributed by atoms with Gasteiger partial charge in [-0.2, -0.15) is 0 Å². The van der Waals surface area contributed by atoms with E-state index in [1.165, 1.54) is 38.4 Å². The van der Waals surface area contributed by atoms with Crippen molar-refractivity contribution in [3.05, 3.63) is 16.1 Å². The van der Waals surface area contributed by atoms with Crippen LogP contribution in [0.15, 0.2) is 10.4 Å². The third-order valence-electron chi connectivity index (χ3n) is 4.51. The maximum Gasteiger partial charge on any atom is 0.191 e. The average Bonchev–Trinajstić information content (AvgIpc) is 3.09. The first-order valence-electron chi connectivity index (χ1n) is 9.53. The molecule has 0 unspecified atom stereocenters. The van der Waals surface area contributed by atoms with Crippen LogP contribution in [0.1, 0.15) is 44.3 Å². The minimum absolute atomic E-state index is 0.480. The minimum atomic E-state index is 0.480.